The molecule has 0 heterocycles. The van der Waals surface area contributed by atoms with E-state index < -0.39 is 0 Å². The Morgan fingerprint density at radius 3 is 1.76 bits per heavy atom. The smallest absolute Gasteiger partial charge is 0.327 e. The van der Waals surface area contributed by atoms with Crippen LogP contribution in [0.1, 0.15) is 20.8 Å². The number of hydrogen-bond acceptors (Lipinski definition) is 2. The Bertz CT molecular complexity index is 277. The number of nitrogens with one attached hydrogen (secondary N) is 1. The van der Waals surface area contributed by atoms with Crippen molar-refractivity contribution < 1.29 is 14.6 Å². The zero-order chi connectivity index (χ0) is 13.7. The third-order valence-corrected chi connectivity index (χ3v) is 2.39. The van der Waals surface area contributed by atoms with E-state index in [1.807, 2.05) is 20.8 Å². The fraction of sp³-hybridized carbons (Fsp3) is 0.818. The van der Waals surface area contributed by atoms with Gasteiger partial charge in [-0.1, -0.05) is 0 Å². The minimum atomic E-state index is -0.161. The van der Waals surface area contributed by atoms with Crippen LogP contribution in [0.2, 0.25) is 0 Å². The lowest BCUT2D eigenvalue weighted by Gasteiger charge is -2.33. The molecule has 0 spiro atoms. The van der Waals surface area contributed by atoms with Crippen molar-refractivity contribution in [2.24, 2.45) is 0 Å². The number of amides is 4. The Morgan fingerprint density at radius 2 is 1.53 bits per heavy atom. The molecule has 0 aromatic carbocycles. The van der Waals surface area contributed by atoms with Crippen LogP contribution < -0.4 is 5.01 Å². The molecule has 0 fully saturated rings. The summed E-state index contributed by atoms with van der Waals surface area (Å²) in [6, 6.07) is -0.266. The van der Waals surface area contributed by atoms with Crippen molar-refractivity contribution in [3.05, 3.63) is 0 Å². The highest BCUT2D eigenvalue weighted by Gasteiger charge is 2.35. The van der Waals surface area contributed by atoms with Crippen LogP contribution in [-0.4, -0.2) is 67.6 Å². The van der Waals surface area contributed by atoms with Crippen molar-refractivity contribution in [3.8, 4) is 0 Å². The lowest BCUT2D eigenvalue weighted by molar-refractivity contribution is -0.950. The number of quaternary nitrogens is 1. The van der Waals surface area contributed by atoms with Crippen LogP contribution in [-0.2, 0) is 0 Å². The molecular formula is C11H25N4O2+. The molecule has 0 bridgehead atoms. The summed E-state index contributed by atoms with van der Waals surface area (Å²) >= 11 is 0. The molecule has 4 amide bonds. The summed E-state index contributed by atoms with van der Waals surface area (Å²) in [7, 11) is 6.75. The standard InChI is InChI=1S/C11H24N4O2/c1-8-14(10(16)12(4)5)15(9(2)3)11(17)13(6)7/h9H,8H2,1-7H3/p+1. The van der Waals surface area contributed by atoms with Gasteiger partial charge in [0.15, 0.2) is 0 Å². The van der Waals surface area contributed by atoms with E-state index in [-0.39, 0.29) is 18.1 Å². The summed E-state index contributed by atoms with van der Waals surface area (Å²) < 4.78 is 0. The Kier molecular flexibility index (Phi) is 5.95. The van der Waals surface area contributed by atoms with Crippen molar-refractivity contribution in [2.45, 2.75) is 26.8 Å². The van der Waals surface area contributed by atoms with E-state index >= 15 is 0 Å². The molecule has 0 radical (unpaired) electrons. The van der Waals surface area contributed by atoms with Gasteiger partial charge in [-0.3, -0.25) is 4.90 Å². The van der Waals surface area contributed by atoms with E-state index in [2.05, 4.69) is 0 Å². The SMILES string of the molecule is CCN(C(=O)N(C)C)[NH+](C(=O)N(C)C)C(C)C. The van der Waals surface area contributed by atoms with Crippen molar-refractivity contribution in [3.63, 3.8) is 0 Å². The van der Waals surface area contributed by atoms with Crippen LogP contribution in [0.15, 0.2) is 0 Å². The summed E-state index contributed by atoms with van der Waals surface area (Å²) in [6.07, 6.45) is 0. The Labute approximate surface area is 104 Å². The Hall–Kier alpha value is -1.30. The second kappa shape index (κ2) is 6.44. The first-order valence-corrected chi connectivity index (χ1v) is 5.81. The highest BCUT2D eigenvalue weighted by molar-refractivity contribution is 5.74. The zero-order valence-corrected chi connectivity index (χ0v) is 11.9. The van der Waals surface area contributed by atoms with Crippen LogP contribution in [0.4, 0.5) is 9.59 Å². The second-order valence-corrected chi connectivity index (χ2v) is 4.66. The van der Waals surface area contributed by atoms with E-state index in [4.69, 9.17) is 0 Å². The van der Waals surface area contributed by atoms with Crippen LogP contribution in [0.3, 0.4) is 0 Å². The molecule has 6 nitrogen and oxygen atoms in total. The fourth-order valence-electron chi connectivity index (χ4n) is 1.55. The summed E-state index contributed by atoms with van der Waals surface area (Å²) in [5, 5.41) is 2.07. The van der Waals surface area contributed by atoms with Gasteiger partial charge in [-0.15, -0.1) is 5.01 Å². The van der Waals surface area contributed by atoms with E-state index in [1.54, 1.807) is 28.2 Å². The number of carbonyl (C=O) groups excluding carboxylic acids is 2. The number of hydrogen-bond donors (Lipinski definition) is 1. The van der Waals surface area contributed by atoms with Gasteiger partial charge in [0.05, 0.1) is 6.54 Å². The van der Waals surface area contributed by atoms with Gasteiger partial charge in [0.1, 0.15) is 6.04 Å². The Morgan fingerprint density at radius 1 is 1.06 bits per heavy atom. The van der Waals surface area contributed by atoms with Crippen LogP contribution in [0.5, 0.6) is 0 Å². The summed E-state index contributed by atoms with van der Waals surface area (Å²) in [6.45, 7) is 6.20. The molecule has 0 aromatic heterocycles. The summed E-state index contributed by atoms with van der Waals surface area (Å²) in [4.78, 5) is 27.1. The lowest BCUT2D eigenvalue weighted by atomic mass is 10.4. The largest absolute Gasteiger partial charge is 0.442 e. The van der Waals surface area contributed by atoms with Gasteiger partial charge in [0.25, 0.3) is 0 Å². The van der Waals surface area contributed by atoms with Gasteiger partial charge in [0, 0.05) is 28.2 Å². The minimum absolute atomic E-state index is 0.00810. The van der Waals surface area contributed by atoms with Gasteiger partial charge in [-0.2, -0.15) is 5.01 Å². The van der Waals surface area contributed by atoms with E-state index in [9.17, 15) is 9.59 Å². The minimum Gasteiger partial charge on any atom is -0.327 e. The molecule has 1 N–H and O–H groups in total. The predicted octanol–water partition coefficient (Wildman–Crippen LogP) is -0.120. The first-order valence-electron chi connectivity index (χ1n) is 5.81. The van der Waals surface area contributed by atoms with E-state index in [0.717, 1.165) is 0 Å². The fourth-order valence-corrected chi connectivity index (χ4v) is 1.55. The van der Waals surface area contributed by atoms with Crippen molar-refractivity contribution in [1.82, 2.24) is 14.8 Å². The van der Waals surface area contributed by atoms with Gasteiger partial charge < -0.3 is 4.90 Å². The first-order chi connectivity index (χ1) is 7.73. The average molecular weight is 245 g/mol. The molecule has 0 rings (SSSR count). The van der Waals surface area contributed by atoms with Crippen molar-refractivity contribution in [2.75, 3.05) is 34.7 Å². The number of nitrogens with zero attached hydrogens (tertiary/aromatic N) is 3. The quantitative estimate of drug-likeness (QED) is 0.690. The number of rotatable bonds is 2. The third-order valence-electron chi connectivity index (χ3n) is 2.39. The zero-order valence-electron chi connectivity index (χ0n) is 11.9. The average Bonchev–Trinajstić information content (AvgIpc) is 2.22. The van der Waals surface area contributed by atoms with Crippen LogP contribution in [0.25, 0.3) is 0 Å². The molecule has 17 heavy (non-hydrogen) atoms. The maximum absolute atomic E-state index is 12.1. The molecule has 0 aliphatic rings. The van der Waals surface area contributed by atoms with E-state index in [0.29, 0.717) is 11.6 Å². The summed E-state index contributed by atoms with van der Waals surface area (Å²) in [5.41, 5.74) is 0. The third kappa shape index (κ3) is 3.89. The van der Waals surface area contributed by atoms with E-state index in [1.165, 1.54) is 14.8 Å². The molecule has 0 saturated heterocycles. The normalized spacial score (nSPS) is 12.2. The Balaban J connectivity index is 5.14. The molecule has 0 saturated carbocycles. The predicted molar refractivity (Wildman–Crippen MR) is 66.6 cm³/mol. The topological polar surface area (TPSA) is 48.3 Å². The van der Waals surface area contributed by atoms with Crippen molar-refractivity contribution >= 4 is 12.1 Å². The van der Waals surface area contributed by atoms with Gasteiger partial charge in [0.2, 0.25) is 0 Å². The van der Waals surface area contributed by atoms with Crippen LogP contribution in [0, 0.1) is 0 Å². The molecule has 0 aliphatic heterocycles. The number of urea groups is 2. The first kappa shape index (κ1) is 15.7. The maximum atomic E-state index is 12.1. The maximum Gasteiger partial charge on any atom is 0.442 e. The molecule has 0 aromatic rings. The summed E-state index contributed by atoms with van der Waals surface area (Å²) in [5.74, 6) is 0. The van der Waals surface area contributed by atoms with Gasteiger partial charge in [-0.05, 0) is 20.8 Å². The van der Waals surface area contributed by atoms with Crippen LogP contribution >= 0.6 is 0 Å². The highest BCUT2D eigenvalue weighted by Crippen LogP contribution is 1.90. The second-order valence-electron chi connectivity index (χ2n) is 4.66. The van der Waals surface area contributed by atoms with Gasteiger partial charge >= 0.3 is 12.1 Å². The number of carbonyl (C=O) groups is 2. The molecule has 100 valence electrons. The molecular weight excluding hydrogens is 220 g/mol. The molecule has 6 heteroatoms. The van der Waals surface area contributed by atoms with Gasteiger partial charge in [-0.25, -0.2) is 9.59 Å². The molecule has 1 unspecified atom stereocenters. The lowest BCUT2D eigenvalue weighted by Crippen LogP contribution is -3.24. The van der Waals surface area contributed by atoms with Crippen molar-refractivity contribution in [1.29, 1.82) is 0 Å². The highest BCUT2D eigenvalue weighted by atomic mass is 16.2. The molecule has 1 atom stereocenters. The molecule has 0 aliphatic carbocycles. The monoisotopic (exact) mass is 245 g/mol.